The van der Waals surface area contributed by atoms with Gasteiger partial charge in [0.2, 0.25) is 5.91 Å². The number of nitrogens with one attached hydrogen (secondary N) is 1. The lowest BCUT2D eigenvalue weighted by atomic mass is 10.1. The van der Waals surface area contributed by atoms with E-state index in [1.54, 1.807) is 37.4 Å². The Labute approximate surface area is 187 Å². The van der Waals surface area contributed by atoms with Crippen LogP contribution in [0.4, 0.5) is 19.0 Å². The van der Waals surface area contributed by atoms with Gasteiger partial charge in [-0.1, -0.05) is 24.3 Å². The normalized spacial score (nSPS) is 11.6. The highest BCUT2D eigenvalue weighted by Crippen LogP contribution is 2.29. The van der Waals surface area contributed by atoms with Gasteiger partial charge in [0, 0.05) is 37.1 Å². The third-order valence-corrected chi connectivity index (χ3v) is 4.87. The zero-order chi connectivity index (χ0) is 24.0. The van der Waals surface area contributed by atoms with Crippen LogP contribution >= 0.6 is 0 Å². The van der Waals surface area contributed by atoms with Crippen molar-refractivity contribution in [3.63, 3.8) is 0 Å². The minimum absolute atomic E-state index is 0.107. The molecule has 10 heteroatoms. The van der Waals surface area contributed by atoms with Gasteiger partial charge in [0.1, 0.15) is 5.82 Å². The van der Waals surface area contributed by atoms with E-state index in [4.69, 9.17) is 5.73 Å². The molecule has 172 valence electrons. The van der Waals surface area contributed by atoms with Crippen LogP contribution in [0.15, 0.2) is 64.8 Å². The molecule has 1 aromatic carbocycles. The average molecular weight is 457 g/mol. The van der Waals surface area contributed by atoms with E-state index < -0.39 is 17.3 Å². The number of nitrogen functional groups attached to an aromatic ring is 1. The molecular formula is C23H22F3N5O2. The number of anilines is 1. The Balaban J connectivity index is 1.67. The molecule has 0 unspecified atom stereocenters. The van der Waals surface area contributed by atoms with Gasteiger partial charge in [-0.2, -0.15) is 18.3 Å². The quantitative estimate of drug-likeness (QED) is 0.532. The fourth-order valence-electron chi connectivity index (χ4n) is 3.04. The van der Waals surface area contributed by atoms with Gasteiger partial charge in [-0.25, -0.2) is 9.66 Å². The summed E-state index contributed by atoms with van der Waals surface area (Å²) in [5, 5.41) is 6.77. The van der Waals surface area contributed by atoms with Crippen LogP contribution in [-0.2, 0) is 30.4 Å². The Bertz CT molecular complexity index is 1220. The summed E-state index contributed by atoms with van der Waals surface area (Å²) in [7, 11) is 0. The number of carbonyl (C=O) groups excluding carboxylic acids is 1. The van der Waals surface area contributed by atoms with Crippen molar-refractivity contribution in [3.05, 3.63) is 93.0 Å². The predicted molar refractivity (Wildman–Crippen MR) is 119 cm³/mol. The molecule has 0 aliphatic carbocycles. The van der Waals surface area contributed by atoms with E-state index in [-0.39, 0.29) is 30.9 Å². The van der Waals surface area contributed by atoms with Crippen molar-refractivity contribution in [2.45, 2.75) is 32.5 Å². The van der Waals surface area contributed by atoms with Crippen molar-refractivity contribution in [1.82, 2.24) is 15.0 Å². The van der Waals surface area contributed by atoms with E-state index in [0.29, 0.717) is 16.9 Å². The van der Waals surface area contributed by atoms with Crippen LogP contribution in [0.2, 0.25) is 0 Å². The van der Waals surface area contributed by atoms with Gasteiger partial charge in [0.15, 0.2) is 0 Å². The molecule has 0 aliphatic heterocycles. The number of nitrogens with zero attached hydrogens (tertiary/aromatic N) is 3. The van der Waals surface area contributed by atoms with E-state index in [1.807, 2.05) is 0 Å². The summed E-state index contributed by atoms with van der Waals surface area (Å²) in [6.45, 7) is 1.95. The van der Waals surface area contributed by atoms with Gasteiger partial charge < -0.3 is 11.1 Å². The van der Waals surface area contributed by atoms with Crippen molar-refractivity contribution in [1.29, 1.82) is 0 Å². The highest BCUT2D eigenvalue weighted by Gasteiger charge is 2.30. The summed E-state index contributed by atoms with van der Waals surface area (Å²) in [5.41, 5.74) is 6.40. The van der Waals surface area contributed by atoms with Gasteiger partial charge in [0.05, 0.1) is 12.0 Å². The summed E-state index contributed by atoms with van der Waals surface area (Å²) >= 11 is 0. The Morgan fingerprint density at radius 3 is 2.70 bits per heavy atom. The molecule has 0 fully saturated rings. The summed E-state index contributed by atoms with van der Waals surface area (Å²) in [6.07, 6.45) is -0.116. The number of aromatic nitrogens is 2. The number of amides is 1. The molecule has 3 aromatic rings. The number of hydrogen-bond donors (Lipinski definition) is 2. The minimum Gasteiger partial charge on any atom is -0.384 e. The topological polar surface area (TPSA) is 102 Å². The maximum absolute atomic E-state index is 12.8. The molecule has 3 N–H and O–H groups in total. The molecule has 7 nitrogen and oxygen atoms in total. The number of halogens is 3. The van der Waals surface area contributed by atoms with Gasteiger partial charge in [0.25, 0.3) is 5.56 Å². The maximum atomic E-state index is 12.8. The monoisotopic (exact) mass is 457 g/mol. The maximum Gasteiger partial charge on any atom is 0.416 e. The number of aryl methyl sites for hydroxylation is 1. The van der Waals surface area contributed by atoms with Crippen LogP contribution in [0.1, 0.15) is 27.8 Å². The predicted octanol–water partition coefficient (Wildman–Crippen LogP) is 3.09. The fraction of sp³-hybridized carbons (Fsp3) is 0.217. The van der Waals surface area contributed by atoms with Crippen molar-refractivity contribution in [2.75, 3.05) is 5.73 Å². The third kappa shape index (κ3) is 6.52. The summed E-state index contributed by atoms with van der Waals surface area (Å²) < 4.78 is 39.6. The standard InChI is InChI=1S/C23H22F3N5O2/c1-15-8-10-31(30-9-7-16-3-2-4-18(11-16)23(24,25)26)22(33)19(15)12-21(32)29-14-17-5-6-20(27)28-13-17/h2-6,8-11,13H,7,12,14H2,1H3,(H2,27,28)(H,29,32)/b30-9+. The Morgan fingerprint density at radius 1 is 1.21 bits per heavy atom. The van der Waals surface area contributed by atoms with Crippen molar-refractivity contribution in [2.24, 2.45) is 5.10 Å². The molecule has 1 amide bonds. The van der Waals surface area contributed by atoms with Crippen LogP contribution in [0.5, 0.6) is 0 Å². The molecule has 0 radical (unpaired) electrons. The number of pyridine rings is 2. The van der Waals surface area contributed by atoms with Gasteiger partial charge in [-0.15, -0.1) is 0 Å². The Kier molecular flexibility index (Phi) is 7.27. The lowest BCUT2D eigenvalue weighted by Gasteiger charge is -2.09. The van der Waals surface area contributed by atoms with Crippen molar-refractivity contribution >= 4 is 17.9 Å². The third-order valence-electron chi connectivity index (χ3n) is 4.87. The Morgan fingerprint density at radius 2 is 2.00 bits per heavy atom. The molecule has 2 heterocycles. The van der Waals surface area contributed by atoms with Crippen LogP contribution in [0.25, 0.3) is 0 Å². The van der Waals surface area contributed by atoms with E-state index in [2.05, 4.69) is 15.4 Å². The number of carbonyl (C=O) groups is 1. The average Bonchev–Trinajstić information content (AvgIpc) is 2.77. The number of benzene rings is 1. The first kappa shape index (κ1) is 23.7. The molecule has 2 aromatic heterocycles. The van der Waals surface area contributed by atoms with Gasteiger partial charge in [-0.3, -0.25) is 9.59 Å². The van der Waals surface area contributed by atoms with E-state index in [9.17, 15) is 22.8 Å². The zero-order valence-electron chi connectivity index (χ0n) is 17.8. The summed E-state index contributed by atoms with van der Waals surface area (Å²) in [6, 6.07) is 9.91. The smallest absolute Gasteiger partial charge is 0.384 e. The van der Waals surface area contributed by atoms with Crippen molar-refractivity contribution < 1.29 is 18.0 Å². The number of nitrogens with two attached hydrogens (primary N) is 1. The second-order valence-electron chi connectivity index (χ2n) is 7.37. The lowest BCUT2D eigenvalue weighted by Crippen LogP contribution is -2.30. The molecule has 0 saturated carbocycles. The van der Waals surface area contributed by atoms with Crippen LogP contribution in [-0.4, -0.2) is 21.8 Å². The second kappa shape index (κ2) is 10.1. The van der Waals surface area contributed by atoms with Crippen LogP contribution in [0.3, 0.4) is 0 Å². The first-order valence-electron chi connectivity index (χ1n) is 10.0. The highest BCUT2D eigenvalue weighted by molar-refractivity contribution is 5.78. The molecule has 33 heavy (non-hydrogen) atoms. The van der Waals surface area contributed by atoms with Crippen LogP contribution in [0, 0.1) is 6.92 Å². The SMILES string of the molecule is Cc1ccn(/N=C/Cc2cccc(C(F)(F)F)c2)c(=O)c1CC(=O)NCc1ccc(N)nc1. The number of hydrogen-bond acceptors (Lipinski definition) is 5. The molecular weight excluding hydrogens is 435 g/mol. The van der Waals surface area contributed by atoms with E-state index in [1.165, 1.54) is 18.5 Å². The highest BCUT2D eigenvalue weighted by atomic mass is 19.4. The summed E-state index contributed by atoms with van der Waals surface area (Å²) in [4.78, 5) is 29.1. The molecule has 3 rings (SSSR count). The number of alkyl halides is 3. The fourth-order valence-corrected chi connectivity index (χ4v) is 3.04. The first-order chi connectivity index (χ1) is 15.6. The summed E-state index contributed by atoms with van der Waals surface area (Å²) in [5.74, 6) is 0.0249. The molecule has 0 saturated heterocycles. The van der Waals surface area contributed by atoms with E-state index in [0.717, 1.165) is 22.4 Å². The molecule has 0 spiro atoms. The van der Waals surface area contributed by atoms with Gasteiger partial charge >= 0.3 is 6.18 Å². The van der Waals surface area contributed by atoms with E-state index >= 15 is 0 Å². The molecule has 0 bridgehead atoms. The first-order valence-corrected chi connectivity index (χ1v) is 10.0. The van der Waals surface area contributed by atoms with Crippen molar-refractivity contribution in [3.8, 4) is 0 Å². The lowest BCUT2D eigenvalue weighted by molar-refractivity contribution is -0.137. The van der Waals surface area contributed by atoms with Crippen LogP contribution < -0.4 is 16.6 Å². The minimum atomic E-state index is -4.43. The molecule has 0 aliphatic rings. The molecule has 0 atom stereocenters. The second-order valence-corrected chi connectivity index (χ2v) is 7.37. The zero-order valence-corrected chi connectivity index (χ0v) is 17.8. The number of rotatable bonds is 7. The van der Waals surface area contributed by atoms with Gasteiger partial charge in [-0.05, 0) is 41.8 Å². The largest absolute Gasteiger partial charge is 0.416 e. The Hall–Kier alpha value is -3.95.